The Hall–Kier alpha value is -2.46. The van der Waals surface area contributed by atoms with Gasteiger partial charge in [0.1, 0.15) is 17.3 Å². The number of nitrogens with zero attached hydrogens (tertiary/aromatic N) is 2. The zero-order valence-electron chi connectivity index (χ0n) is 16.1. The molecule has 3 heterocycles. The largest absolute Gasteiger partial charge is 0.507 e. The number of ether oxygens (including phenoxy) is 2. The number of hydrogen-bond acceptors (Lipinski definition) is 6. The molecule has 2 aromatic rings. The smallest absolute Gasteiger partial charge is 0.416 e. The van der Waals surface area contributed by atoms with Gasteiger partial charge < -0.3 is 20.3 Å². The van der Waals surface area contributed by atoms with Gasteiger partial charge in [0.05, 0.1) is 23.3 Å². The number of phenolic OH excluding ortho intramolecular Hbond substituents is 1. The number of benzene rings is 1. The molecule has 0 amide bonds. The van der Waals surface area contributed by atoms with Gasteiger partial charge in [-0.2, -0.15) is 13.2 Å². The monoisotopic (exact) mass is 427 g/mol. The van der Waals surface area contributed by atoms with Gasteiger partial charge in [0.25, 0.3) is 0 Å². The Morgan fingerprint density at radius 2 is 1.77 bits per heavy atom. The lowest BCUT2D eigenvalue weighted by Crippen LogP contribution is -2.26. The van der Waals surface area contributed by atoms with Gasteiger partial charge in [0, 0.05) is 25.2 Å². The molecule has 1 aliphatic carbocycles. The zero-order chi connectivity index (χ0) is 21.5. The van der Waals surface area contributed by atoms with Crippen LogP contribution in [0.15, 0.2) is 12.1 Å². The van der Waals surface area contributed by atoms with E-state index in [-0.39, 0.29) is 23.7 Å². The lowest BCUT2D eigenvalue weighted by atomic mass is 9.92. The number of nitrogen functional groups attached to an aromatic ring is 1. The van der Waals surface area contributed by atoms with Crippen LogP contribution in [0.4, 0.5) is 23.4 Å². The van der Waals surface area contributed by atoms with E-state index >= 15 is 0 Å². The number of aromatic nitrogens is 2. The zero-order valence-corrected chi connectivity index (χ0v) is 16.1. The molecule has 0 atom stereocenters. The third-order valence-corrected chi connectivity index (χ3v) is 5.51. The molecule has 1 saturated carbocycles. The molecule has 2 fully saturated rings. The highest BCUT2D eigenvalue weighted by Gasteiger charge is 2.48. The van der Waals surface area contributed by atoms with E-state index in [0.29, 0.717) is 29.7 Å². The first-order valence-electron chi connectivity index (χ1n) is 9.66. The molecule has 5 rings (SSSR count). The van der Waals surface area contributed by atoms with Gasteiger partial charge in [-0.05, 0) is 43.4 Å². The molecule has 1 spiro atoms. The molecule has 10 heteroatoms. The first-order chi connectivity index (χ1) is 14.2. The fourth-order valence-electron chi connectivity index (χ4n) is 3.63. The Morgan fingerprint density at radius 1 is 1.07 bits per heavy atom. The summed E-state index contributed by atoms with van der Waals surface area (Å²) in [5.41, 5.74) is 4.86. The van der Waals surface area contributed by atoms with Crippen molar-refractivity contribution in [3.8, 4) is 17.0 Å². The average molecular weight is 427 g/mol. The number of fused-ring (bicyclic) bond motifs is 1. The molecule has 2 aliphatic heterocycles. The summed E-state index contributed by atoms with van der Waals surface area (Å²) in [6.45, 7) is 2.17. The van der Waals surface area contributed by atoms with Crippen molar-refractivity contribution in [2.45, 2.75) is 50.5 Å². The highest BCUT2D eigenvalue weighted by Crippen LogP contribution is 2.49. The molecule has 162 valence electrons. The van der Waals surface area contributed by atoms with Crippen LogP contribution >= 0.6 is 0 Å². The van der Waals surface area contributed by atoms with E-state index in [4.69, 9.17) is 15.2 Å². The van der Waals surface area contributed by atoms with Gasteiger partial charge in [0.2, 0.25) is 0 Å². The van der Waals surface area contributed by atoms with E-state index in [2.05, 4.69) is 10.2 Å². The molecule has 0 unspecified atom stereocenters. The Morgan fingerprint density at radius 3 is 2.30 bits per heavy atom. The minimum Gasteiger partial charge on any atom is -0.507 e. The fourth-order valence-corrected chi connectivity index (χ4v) is 3.63. The van der Waals surface area contributed by atoms with Crippen LogP contribution in [-0.4, -0.2) is 34.1 Å². The van der Waals surface area contributed by atoms with Crippen LogP contribution < -0.4 is 5.73 Å². The molecule has 3 aliphatic rings. The normalized spacial score (nSPS) is 19.2. The number of alkyl halides is 3. The minimum atomic E-state index is -4.77. The molecular weight excluding hydrogens is 406 g/mol. The molecular formula is C20H21F4N3O3. The summed E-state index contributed by atoms with van der Waals surface area (Å²) in [6, 6.07) is 0.820. The average Bonchev–Trinajstić information content (AvgIpc) is 3.17. The summed E-state index contributed by atoms with van der Waals surface area (Å²) in [4.78, 5) is 0. The number of aromatic hydroxyl groups is 1. The van der Waals surface area contributed by atoms with Crippen molar-refractivity contribution in [1.82, 2.24) is 10.2 Å². The Labute approximate surface area is 170 Å². The predicted octanol–water partition coefficient (Wildman–Crippen LogP) is 3.99. The van der Waals surface area contributed by atoms with Gasteiger partial charge in [-0.1, -0.05) is 0 Å². The number of halogens is 4. The van der Waals surface area contributed by atoms with Crippen molar-refractivity contribution < 1.29 is 32.1 Å². The Kier molecular flexibility index (Phi) is 5.31. The molecule has 1 aromatic carbocycles. The summed E-state index contributed by atoms with van der Waals surface area (Å²) in [5, 5.41) is 17.6. The third-order valence-electron chi connectivity index (χ3n) is 5.51. The standard InChI is InChI=1S/C16H13F4N3O2.C4H8O/c17-10-3-7(16(18,19)20)4-11(24)12(10)13-8-5-15(1-2-15)25-6-9(8)14(21)23-22-13;1-2-4-5-3-1/h3-4,24H,1-2,5-6H2,(H2,21,23);1-4H2. The van der Waals surface area contributed by atoms with Crippen LogP contribution in [0.2, 0.25) is 0 Å². The maximum Gasteiger partial charge on any atom is 0.416 e. The second-order valence-electron chi connectivity index (χ2n) is 7.71. The highest BCUT2D eigenvalue weighted by atomic mass is 19.4. The summed E-state index contributed by atoms with van der Waals surface area (Å²) in [7, 11) is 0. The quantitative estimate of drug-likeness (QED) is 0.669. The Bertz CT molecular complexity index is 926. The molecule has 1 aromatic heterocycles. The highest BCUT2D eigenvalue weighted by molar-refractivity contribution is 5.73. The maximum atomic E-state index is 14.4. The topological polar surface area (TPSA) is 90.5 Å². The second kappa shape index (κ2) is 7.66. The molecule has 1 saturated heterocycles. The van der Waals surface area contributed by atoms with Crippen LogP contribution in [0.25, 0.3) is 11.3 Å². The van der Waals surface area contributed by atoms with Crippen molar-refractivity contribution in [1.29, 1.82) is 0 Å². The molecule has 3 N–H and O–H groups in total. The van der Waals surface area contributed by atoms with Crippen LogP contribution in [0.3, 0.4) is 0 Å². The van der Waals surface area contributed by atoms with Gasteiger partial charge in [-0.15, -0.1) is 10.2 Å². The van der Waals surface area contributed by atoms with Crippen molar-refractivity contribution in [3.05, 3.63) is 34.6 Å². The van der Waals surface area contributed by atoms with Crippen LogP contribution in [0.5, 0.6) is 5.75 Å². The number of anilines is 1. The van der Waals surface area contributed by atoms with E-state index in [0.717, 1.165) is 26.1 Å². The van der Waals surface area contributed by atoms with Crippen LogP contribution in [0.1, 0.15) is 42.4 Å². The summed E-state index contributed by atoms with van der Waals surface area (Å²) >= 11 is 0. The van der Waals surface area contributed by atoms with Crippen molar-refractivity contribution in [2.75, 3.05) is 18.9 Å². The maximum absolute atomic E-state index is 14.4. The van der Waals surface area contributed by atoms with Crippen molar-refractivity contribution in [2.24, 2.45) is 0 Å². The van der Waals surface area contributed by atoms with Crippen molar-refractivity contribution in [3.63, 3.8) is 0 Å². The predicted molar refractivity (Wildman–Crippen MR) is 99.0 cm³/mol. The van der Waals surface area contributed by atoms with E-state index in [1.807, 2.05) is 0 Å². The van der Waals surface area contributed by atoms with E-state index < -0.39 is 28.9 Å². The SMILES string of the molecule is C1CCOC1.Nc1nnc(-c2c(O)cc(C(F)(F)F)cc2F)c2c1COC1(CC1)C2. The molecule has 0 radical (unpaired) electrons. The first kappa shape index (κ1) is 20.8. The fraction of sp³-hybridized carbons (Fsp3) is 0.500. The first-order valence-corrected chi connectivity index (χ1v) is 9.66. The number of nitrogens with two attached hydrogens (primary N) is 1. The number of hydrogen-bond donors (Lipinski definition) is 2. The van der Waals surface area contributed by atoms with Crippen molar-refractivity contribution >= 4 is 5.82 Å². The number of phenols is 1. The van der Waals surface area contributed by atoms with Crippen LogP contribution in [0, 0.1) is 5.82 Å². The minimum absolute atomic E-state index is 0.00231. The molecule has 0 bridgehead atoms. The summed E-state index contributed by atoms with van der Waals surface area (Å²) in [5.74, 6) is -1.93. The molecule has 6 nitrogen and oxygen atoms in total. The van der Waals surface area contributed by atoms with E-state index in [1.54, 1.807) is 0 Å². The lowest BCUT2D eigenvalue weighted by molar-refractivity contribution is -0.137. The van der Waals surface area contributed by atoms with Crippen LogP contribution in [-0.2, 0) is 28.7 Å². The van der Waals surface area contributed by atoms with E-state index in [1.165, 1.54) is 12.8 Å². The Balaban J connectivity index is 0.000000383. The second-order valence-corrected chi connectivity index (χ2v) is 7.71. The van der Waals surface area contributed by atoms with Gasteiger partial charge in [-0.3, -0.25) is 0 Å². The number of rotatable bonds is 1. The summed E-state index contributed by atoms with van der Waals surface area (Å²) < 4.78 is 63.4. The lowest BCUT2D eigenvalue weighted by Gasteiger charge is -2.27. The van der Waals surface area contributed by atoms with Gasteiger partial charge >= 0.3 is 6.18 Å². The third kappa shape index (κ3) is 4.06. The molecule has 30 heavy (non-hydrogen) atoms. The summed E-state index contributed by atoms with van der Waals surface area (Å²) in [6.07, 6.45) is -0.155. The van der Waals surface area contributed by atoms with Gasteiger partial charge in [0.15, 0.2) is 5.82 Å². The van der Waals surface area contributed by atoms with E-state index in [9.17, 15) is 22.7 Å². The van der Waals surface area contributed by atoms with Gasteiger partial charge in [-0.25, -0.2) is 4.39 Å².